The van der Waals surface area contributed by atoms with Crippen molar-refractivity contribution in [3.05, 3.63) is 29.8 Å². The summed E-state index contributed by atoms with van der Waals surface area (Å²) in [5, 5.41) is 11.3. The monoisotopic (exact) mass is 340 g/mol. The summed E-state index contributed by atoms with van der Waals surface area (Å²) in [6, 6.07) is 7.03. The van der Waals surface area contributed by atoms with Crippen molar-refractivity contribution >= 4 is 0 Å². The SMILES string of the molecule is CC(C(F)F)C(O)(c1ccc(OC(C)(C)C)cc1)C1CCCCC1. The van der Waals surface area contributed by atoms with Gasteiger partial charge in [0.05, 0.1) is 5.92 Å². The van der Waals surface area contributed by atoms with Gasteiger partial charge in [-0.05, 0) is 57.2 Å². The number of hydrogen-bond donors (Lipinski definition) is 1. The summed E-state index contributed by atoms with van der Waals surface area (Å²) in [4.78, 5) is 0. The maximum atomic E-state index is 13.5. The molecule has 0 aromatic heterocycles. The average Bonchev–Trinajstić information content (AvgIpc) is 2.53. The predicted octanol–water partition coefficient (Wildman–Crippen LogP) is 5.53. The molecule has 0 radical (unpaired) electrons. The van der Waals surface area contributed by atoms with Gasteiger partial charge in [-0.3, -0.25) is 0 Å². The van der Waals surface area contributed by atoms with Gasteiger partial charge in [-0.25, -0.2) is 8.78 Å². The van der Waals surface area contributed by atoms with Gasteiger partial charge in [-0.1, -0.05) is 38.3 Å². The fourth-order valence-corrected chi connectivity index (χ4v) is 3.75. The molecule has 0 saturated heterocycles. The van der Waals surface area contributed by atoms with E-state index in [4.69, 9.17) is 4.74 Å². The van der Waals surface area contributed by atoms with Crippen LogP contribution in [0.3, 0.4) is 0 Å². The lowest BCUT2D eigenvalue weighted by Gasteiger charge is -2.43. The number of ether oxygens (including phenoxy) is 1. The van der Waals surface area contributed by atoms with Crippen molar-refractivity contribution in [3.63, 3.8) is 0 Å². The second-order valence-electron chi connectivity index (χ2n) is 8.02. The molecule has 24 heavy (non-hydrogen) atoms. The molecule has 1 saturated carbocycles. The molecular formula is C20H30F2O2. The summed E-state index contributed by atoms with van der Waals surface area (Å²) in [6.07, 6.45) is 2.15. The van der Waals surface area contributed by atoms with Crippen molar-refractivity contribution in [2.45, 2.75) is 77.4 Å². The van der Waals surface area contributed by atoms with Crippen LogP contribution in [-0.2, 0) is 5.60 Å². The number of alkyl halides is 2. The third-order valence-electron chi connectivity index (χ3n) is 5.04. The molecule has 1 aromatic carbocycles. The number of hydrogen-bond acceptors (Lipinski definition) is 2. The van der Waals surface area contributed by atoms with Gasteiger partial charge in [-0.15, -0.1) is 0 Å². The zero-order valence-electron chi connectivity index (χ0n) is 15.2. The highest BCUT2D eigenvalue weighted by molar-refractivity contribution is 5.32. The normalized spacial score (nSPS) is 20.7. The molecule has 0 aliphatic heterocycles. The van der Waals surface area contributed by atoms with E-state index in [0.29, 0.717) is 11.3 Å². The van der Waals surface area contributed by atoms with Gasteiger partial charge < -0.3 is 9.84 Å². The number of halogens is 2. The Morgan fingerprint density at radius 2 is 1.58 bits per heavy atom. The third kappa shape index (κ3) is 4.27. The van der Waals surface area contributed by atoms with E-state index < -0.39 is 17.9 Å². The highest BCUT2D eigenvalue weighted by Gasteiger charge is 2.47. The van der Waals surface area contributed by atoms with Crippen molar-refractivity contribution in [1.82, 2.24) is 0 Å². The highest BCUT2D eigenvalue weighted by Crippen LogP contribution is 2.46. The second-order valence-corrected chi connectivity index (χ2v) is 8.02. The Bertz CT molecular complexity index is 515. The molecule has 2 unspecified atom stereocenters. The van der Waals surface area contributed by atoms with Crippen molar-refractivity contribution in [2.24, 2.45) is 11.8 Å². The number of benzene rings is 1. The molecule has 1 fully saturated rings. The molecular weight excluding hydrogens is 310 g/mol. The summed E-state index contributed by atoms with van der Waals surface area (Å²) < 4.78 is 32.8. The van der Waals surface area contributed by atoms with E-state index in [1.54, 1.807) is 24.3 Å². The Kier molecular flexibility index (Phi) is 5.90. The first kappa shape index (κ1) is 19.2. The Labute approximate surface area is 144 Å². The van der Waals surface area contributed by atoms with E-state index in [9.17, 15) is 13.9 Å². The van der Waals surface area contributed by atoms with Crippen LogP contribution in [0, 0.1) is 11.8 Å². The van der Waals surface area contributed by atoms with E-state index in [-0.39, 0.29) is 11.5 Å². The fourth-order valence-electron chi connectivity index (χ4n) is 3.75. The largest absolute Gasteiger partial charge is 0.488 e. The van der Waals surface area contributed by atoms with Crippen LogP contribution < -0.4 is 4.74 Å². The molecule has 1 aliphatic rings. The van der Waals surface area contributed by atoms with Crippen molar-refractivity contribution in [2.75, 3.05) is 0 Å². The fraction of sp³-hybridized carbons (Fsp3) is 0.700. The molecule has 136 valence electrons. The lowest BCUT2D eigenvalue weighted by Crippen LogP contribution is -2.45. The van der Waals surface area contributed by atoms with Gasteiger partial charge in [0, 0.05) is 0 Å². The Hall–Kier alpha value is -1.16. The van der Waals surface area contributed by atoms with Crippen LogP contribution >= 0.6 is 0 Å². The minimum Gasteiger partial charge on any atom is -0.488 e. The van der Waals surface area contributed by atoms with Crippen molar-refractivity contribution in [1.29, 1.82) is 0 Å². The van der Waals surface area contributed by atoms with Gasteiger partial charge in [0.1, 0.15) is 17.0 Å². The summed E-state index contributed by atoms with van der Waals surface area (Å²) in [6.45, 7) is 7.33. The Morgan fingerprint density at radius 1 is 1.04 bits per heavy atom. The Morgan fingerprint density at radius 3 is 2.04 bits per heavy atom. The minimum absolute atomic E-state index is 0.121. The average molecular weight is 340 g/mol. The molecule has 2 atom stereocenters. The van der Waals surface area contributed by atoms with Gasteiger partial charge in [-0.2, -0.15) is 0 Å². The second kappa shape index (κ2) is 7.38. The summed E-state index contributed by atoms with van der Waals surface area (Å²) >= 11 is 0. The maximum Gasteiger partial charge on any atom is 0.244 e. The van der Waals surface area contributed by atoms with Gasteiger partial charge in [0.25, 0.3) is 0 Å². The van der Waals surface area contributed by atoms with E-state index in [2.05, 4.69) is 0 Å². The summed E-state index contributed by atoms with van der Waals surface area (Å²) in [5.41, 5.74) is -1.24. The number of aliphatic hydroxyl groups is 1. The standard InChI is InChI=1S/C20H30F2O2/c1-14(18(21)22)20(23,15-8-6-5-7-9-15)16-10-12-17(13-11-16)24-19(2,3)4/h10-15,18,23H,5-9H2,1-4H3. The molecule has 2 rings (SSSR count). The molecule has 1 N–H and O–H groups in total. The molecule has 0 bridgehead atoms. The van der Waals surface area contributed by atoms with Crippen molar-refractivity contribution in [3.8, 4) is 5.75 Å². The predicted molar refractivity (Wildman–Crippen MR) is 92.5 cm³/mol. The first-order valence-electron chi connectivity index (χ1n) is 8.94. The first-order chi connectivity index (χ1) is 11.1. The smallest absolute Gasteiger partial charge is 0.244 e. The van der Waals surface area contributed by atoms with Crippen LogP contribution in [0.25, 0.3) is 0 Å². The molecule has 2 nitrogen and oxygen atoms in total. The minimum atomic E-state index is -2.55. The van der Waals surface area contributed by atoms with Crippen molar-refractivity contribution < 1.29 is 18.6 Å². The highest BCUT2D eigenvalue weighted by atomic mass is 19.3. The van der Waals surface area contributed by atoms with Crippen LogP contribution in [0.4, 0.5) is 8.78 Å². The zero-order valence-corrected chi connectivity index (χ0v) is 15.2. The lowest BCUT2D eigenvalue weighted by atomic mass is 9.67. The maximum absolute atomic E-state index is 13.5. The van der Waals surface area contributed by atoms with Crippen LogP contribution in [0.15, 0.2) is 24.3 Å². The number of rotatable bonds is 5. The van der Waals surface area contributed by atoms with E-state index >= 15 is 0 Å². The summed E-state index contributed by atoms with van der Waals surface area (Å²) in [5.74, 6) is -0.540. The van der Waals surface area contributed by atoms with Gasteiger partial charge >= 0.3 is 0 Å². The van der Waals surface area contributed by atoms with Crippen LogP contribution in [0.1, 0.15) is 65.4 Å². The van der Waals surface area contributed by atoms with E-state index in [0.717, 1.165) is 32.1 Å². The molecule has 0 heterocycles. The van der Waals surface area contributed by atoms with Crippen LogP contribution in [0.5, 0.6) is 5.75 Å². The molecule has 0 spiro atoms. The van der Waals surface area contributed by atoms with Gasteiger partial charge in [0.15, 0.2) is 0 Å². The molecule has 0 amide bonds. The molecule has 4 heteroatoms. The quantitative estimate of drug-likeness (QED) is 0.763. The van der Waals surface area contributed by atoms with E-state index in [1.807, 2.05) is 20.8 Å². The lowest BCUT2D eigenvalue weighted by molar-refractivity contribution is -0.128. The Balaban J connectivity index is 2.32. The van der Waals surface area contributed by atoms with Crippen LogP contribution in [-0.4, -0.2) is 17.1 Å². The molecule has 1 aromatic rings. The topological polar surface area (TPSA) is 29.5 Å². The van der Waals surface area contributed by atoms with Gasteiger partial charge in [0.2, 0.25) is 6.43 Å². The zero-order chi connectivity index (χ0) is 18.0. The first-order valence-corrected chi connectivity index (χ1v) is 8.94. The summed E-state index contributed by atoms with van der Waals surface area (Å²) in [7, 11) is 0. The van der Waals surface area contributed by atoms with Crippen LogP contribution in [0.2, 0.25) is 0 Å². The van der Waals surface area contributed by atoms with E-state index in [1.165, 1.54) is 6.92 Å². The third-order valence-corrected chi connectivity index (χ3v) is 5.04. The molecule has 1 aliphatic carbocycles.